The van der Waals surface area contributed by atoms with Crippen molar-refractivity contribution >= 4 is 27.5 Å². The fourth-order valence-electron chi connectivity index (χ4n) is 3.83. The summed E-state index contributed by atoms with van der Waals surface area (Å²) >= 11 is 0. The summed E-state index contributed by atoms with van der Waals surface area (Å²) in [7, 11) is 0. The molecule has 28 heavy (non-hydrogen) atoms. The van der Waals surface area contributed by atoms with Crippen LogP contribution >= 0.6 is 0 Å². The van der Waals surface area contributed by atoms with Crippen LogP contribution in [0.25, 0.3) is 32.2 Å². The lowest BCUT2D eigenvalue weighted by Gasteiger charge is -2.11. The molecule has 3 aromatic rings. The van der Waals surface area contributed by atoms with Crippen molar-refractivity contribution in [3.05, 3.63) is 52.4 Å². The number of aryl methyl sites for hydroxylation is 2. The zero-order valence-electron chi connectivity index (χ0n) is 16.9. The van der Waals surface area contributed by atoms with Crippen molar-refractivity contribution in [1.29, 1.82) is 0 Å². The van der Waals surface area contributed by atoms with E-state index >= 15 is 0 Å². The van der Waals surface area contributed by atoms with Crippen LogP contribution in [0.2, 0.25) is 0 Å². The summed E-state index contributed by atoms with van der Waals surface area (Å²) in [5.41, 5.74) is 13.3. The van der Waals surface area contributed by atoms with E-state index in [0.717, 1.165) is 45.1 Å². The number of aromatic nitrogens is 1. The van der Waals surface area contributed by atoms with Gasteiger partial charge in [-0.25, -0.2) is 0 Å². The van der Waals surface area contributed by atoms with Gasteiger partial charge in [-0.05, 0) is 55.0 Å². The molecule has 1 heterocycles. The molecule has 0 fully saturated rings. The third-order valence-corrected chi connectivity index (χ3v) is 5.15. The minimum absolute atomic E-state index is 0.695. The molecule has 0 N–H and O–H groups in total. The van der Waals surface area contributed by atoms with Crippen LogP contribution in [-0.2, 0) is 13.0 Å². The molecule has 0 bridgehead atoms. The highest BCUT2D eigenvalue weighted by atomic mass is 15.1. The number of benzene rings is 2. The fourth-order valence-corrected chi connectivity index (χ4v) is 3.83. The number of fused-ring (bicyclic) bond motifs is 3. The van der Waals surface area contributed by atoms with Gasteiger partial charge >= 0.3 is 0 Å². The molecule has 0 aliphatic heterocycles. The number of nitrogens with zero attached hydrogens (tertiary/aromatic N) is 4. The van der Waals surface area contributed by atoms with Crippen molar-refractivity contribution in [2.75, 3.05) is 0 Å². The van der Waals surface area contributed by atoms with Crippen LogP contribution in [-0.4, -0.2) is 4.57 Å². The van der Waals surface area contributed by atoms with E-state index in [0.29, 0.717) is 5.69 Å². The van der Waals surface area contributed by atoms with E-state index in [-0.39, 0.29) is 0 Å². The second kappa shape index (κ2) is 9.88. The summed E-state index contributed by atoms with van der Waals surface area (Å²) in [5, 5.41) is 6.27. The van der Waals surface area contributed by atoms with Crippen LogP contribution in [0.15, 0.2) is 41.5 Å². The molecule has 3 rings (SSSR count). The molecule has 1 aromatic heterocycles. The van der Waals surface area contributed by atoms with Gasteiger partial charge in [0.05, 0.1) is 5.52 Å². The van der Waals surface area contributed by atoms with Crippen molar-refractivity contribution in [2.45, 2.75) is 65.3 Å². The Labute approximate surface area is 167 Å². The van der Waals surface area contributed by atoms with E-state index in [4.69, 9.17) is 5.53 Å². The standard InChI is InChI=1S/C24H28N4/c1-3-5-6-7-8-9-10-13-16-28-23-15-12-11-14-21(23)22-18-20(26-27-25)17-19(4-2)24(22)28/h11-12,14-15,17-18H,3-5,8-10,13,16H2,1-2H3. The number of para-hydroxylation sites is 1. The minimum atomic E-state index is 0.695. The van der Waals surface area contributed by atoms with Gasteiger partial charge in [0, 0.05) is 46.3 Å². The first-order chi connectivity index (χ1) is 13.8. The number of azide groups is 1. The number of unbranched alkanes of at least 4 members (excludes halogenated alkanes) is 4. The Hall–Kier alpha value is -2.89. The van der Waals surface area contributed by atoms with Crippen LogP contribution in [0.1, 0.15) is 57.9 Å². The first-order valence-electron chi connectivity index (χ1n) is 10.3. The molecule has 4 nitrogen and oxygen atoms in total. The molecule has 144 valence electrons. The normalized spacial score (nSPS) is 10.6. The maximum absolute atomic E-state index is 8.85. The molecule has 0 aliphatic carbocycles. The predicted molar refractivity (Wildman–Crippen MR) is 119 cm³/mol. The van der Waals surface area contributed by atoms with Crippen LogP contribution in [0.5, 0.6) is 0 Å². The van der Waals surface area contributed by atoms with E-state index in [9.17, 15) is 0 Å². The van der Waals surface area contributed by atoms with Gasteiger partial charge in [0.1, 0.15) is 0 Å². The van der Waals surface area contributed by atoms with E-state index in [1.807, 2.05) is 12.1 Å². The highest BCUT2D eigenvalue weighted by molar-refractivity contribution is 6.10. The van der Waals surface area contributed by atoms with Gasteiger partial charge in [-0.15, -0.1) is 11.8 Å². The number of hydrogen-bond acceptors (Lipinski definition) is 1. The monoisotopic (exact) mass is 372 g/mol. The van der Waals surface area contributed by atoms with E-state index < -0.39 is 0 Å². The summed E-state index contributed by atoms with van der Waals surface area (Å²) in [4.78, 5) is 2.98. The Balaban J connectivity index is 1.88. The van der Waals surface area contributed by atoms with Crippen LogP contribution in [0.4, 0.5) is 5.69 Å². The number of hydrogen-bond donors (Lipinski definition) is 0. The predicted octanol–water partition coefficient (Wildman–Crippen LogP) is 7.66. The Morgan fingerprint density at radius 1 is 1.00 bits per heavy atom. The first-order valence-corrected chi connectivity index (χ1v) is 10.3. The van der Waals surface area contributed by atoms with Crippen LogP contribution in [0.3, 0.4) is 0 Å². The smallest absolute Gasteiger partial charge is 0.0524 e. The maximum atomic E-state index is 8.85. The van der Waals surface area contributed by atoms with E-state index in [1.54, 1.807) is 0 Å². The highest BCUT2D eigenvalue weighted by Gasteiger charge is 2.14. The second-order valence-corrected chi connectivity index (χ2v) is 7.13. The van der Waals surface area contributed by atoms with Gasteiger partial charge in [-0.1, -0.05) is 43.6 Å². The lowest BCUT2D eigenvalue weighted by molar-refractivity contribution is 0.614. The van der Waals surface area contributed by atoms with Crippen molar-refractivity contribution < 1.29 is 0 Å². The number of rotatable bonds is 8. The Morgan fingerprint density at radius 3 is 2.61 bits per heavy atom. The second-order valence-electron chi connectivity index (χ2n) is 7.13. The molecule has 0 radical (unpaired) electrons. The third kappa shape index (κ3) is 4.32. The van der Waals surface area contributed by atoms with Crippen molar-refractivity contribution in [1.82, 2.24) is 4.57 Å². The summed E-state index contributed by atoms with van der Waals surface area (Å²) in [6.45, 7) is 5.33. The molecule has 0 amide bonds. The lowest BCUT2D eigenvalue weighted by Crippen LogP contribution is -2.00. The largest absolute Gasteiger partial charge is 0.340 e. The Kier molecular flexibility index (Phi) is 7.00. The van der Waals surface area contributed by atoms with Gasteiger partial charge in [-0.2, -0.15) is 0 Å². The van der Waals surface area contributed by atoms with Crippen molar-refractivity contribution in [2.24, 2.45) is 5.11 Å². The van der Waals surface area contributed by atoms with Crippen LogP contribution in [0, 0.1) is 11.8 Å². The molecule has 4 heteroatoms. The maximum Gasteiger partial charge on any atom is 0.0524 e. The molecular weight excluding hydrogens is 344 g/mol. The Morgan fingerprint density at radius 2 is 1.82 bits per heavy atom. The van der Waals surface area contributed by atoms with Gasteiger partial charge in [-0.3, -0.25) is 0 Å². The van der Waals surface area contributed by atoms with Crippen LogP contribution < -0.4 is 0 Å². The molecule has 0 saturated carbocycles. The summed E-state index contributed by atoms with van der Waals surface area (Å²) in [5.74, 6) is 6.51. The highest BCUT2D eigenvalue weighted by Crippen LogP contribution is 2.35. The fraction of sp³-hybridized carbons (Fsp3) is 0.417. The molecule has 0 atom stereocenters. The Bertz CT molecular complexity index is 1060. The van der Waals surface area contributed by atoms with Crippen molar-refractivity contribution in [3.8, 4) is 11.8 Å². The van der Waals surface area contributed by atoms with Crippen molar-refractivity contribution in [3.63, 3.8) is 0 Å². The summed E-state index contributed by atoms with van der Waals surface area (Å²) in [6.07, 6.45) is 7.56. The summed E-state index contributed by atoms with van der Waals surface area (Å²) < 4.78 is 2.45. The van der Waals surface area contributed by atoms with Gasteiger partial charge in [0.15, 0.2) is 0 Å². The molecular formula is C24H28N4. The molecule has 0 unspecified atom stereocenters. The molecule has 2 aromatic carbocycles. The molecule has 0 aliphatic rings. The SMILES string of the molecule is CCCC#CCCCCCn1c2ccccc2c2cc(N=[N+]=[N-])cc(CC)c21. The zero-order chi connectivity index (χ0) is 19.8. The molecule has 0 spiro atoms. The minimum Gasteiger partial charge on any atom is -0.340 e. The van der Waals surface area contributed by atoms with Gasteiger partial charge < -0.3 is 4.57 Å². The average molecular weight is 373 g/mol. The summed E-state index contributed by atoms with van der Waals surface area (Å²) in [6, 6.07) is 12.6. The zero-order valence-corrected chi connectivity index (χ0v) is 16.9. The molecule has 0 saturated heterocycles. The lowest BCUT2D eigenvalue weighted by atomic mass is 10.1. The van der Waals surface area contributed by atoms with Gasteiger partial charge in [0.25, 0.3) is 0 Å². The quantitative estimate of drug-likeness (QED) is 0.128. The van der Waals surface area contributed by atoms with E-state index in [1.165, 1.54) is 33.8 Å². The van der Waals surface area contributed by atoms with E-state index in [2.05, 4.69) is 64.5 Å². The topological polar surface area (TPSA) is 53.7 Å². The average Bonchev–Trinajstić information content (AvgIpc) is 3.03. The van der Waals surface area contributed by atoms with Gasteiger partial charge in [0.2, 0.25) is 0 Å². The third-order valence-electron chi connectivity index (χ3n) is 5.15. The first kappa shape index (κ1) is 19.9.